The summed E-state index contributed by atoms with van der Waals surface area (Å²) >= 11 is 1.51. The Labute approximate surface area is 128 Å². The van der Waals surface area contributed by atoms with Crippen molar-refractivity contribution in [3.63, 3.8) is 0 Å². The van der Waals surface area contributed by atoms with Crippen LogP contribution in [0.5, 0.6) is 0 Å². The fourth-order valence-corrected chi connectivity index (χ4v) is 3.47. The van der Waals surface area contributed by atoms with Crippen LogP contribution in [0.4, 0.5) is 0 Å². The van der Waals surface area contributed by atoms with Gasteiger partial charge in [0.2, 0.25) is 0 Å². The number of aryl methyl sites for hydroxylation is 1. The topological polar surface area (TPSA) is 42.4 Å². The van der Waals surface area contributed by atoms with Crippen molar-refractivity contribution in [3.05, 3.63) is 51.5 Å². The van der Waals surface area contributed by atoms with Crippen molar-refractivity contribution in [2.45, 2.75) is 13.3 Å². The Kier molecular flexibility index (Phi) is 4.31. The lowest BCUT2D eigenvalue weighted by Gasteiger charge is -2.26. The molecule has 4 nitrogen and oxygen atoms in total. The maximum atomic E-state index is 12.5. The lowest BCUT2D eigenvalue weighted by atomic mass is 10.2. The highest BCUT2D eigenvalue weighted by molar-refractivity contribution is 7.13. The minimum atomic E-state index is 0.0904. The number of aromatic nitrogens is 1. The van der Waals surface area contributed by atoms with Gasteiger partial charge in [-0.05, 0) is 12.5 Å². The predicted molar refractivity (Wildman–Crippen MR) is 82.8 cm³/mol. The third-order valence-corrected chi connectivity index (χ3v) is 4.68. The minimum Gasteiger partial charge on any atom is -0.378 e. The van der Waals surface area contributed by atoms with Crippen molar-refractivity contribution in [1.29, 1.82) is 0 Å². The number of amides is 1. The van der Waals surface area contributed by atoms with Gasteiger partial charge in [-0.3, -0.25) is 4.79 Å². The molecule has 2 heterocycles. The van der Waals surface area contributed by atoms with Crippen LogP contribution in [0, 0.1) is 6.92 Å². The summed E-state index contributed by atoms with van der Waals surface area (Å²) < 4.78 is 5.29. The molecule has 0 atom stereocenters. The molecular formula is C16H18N2O2S. The van der Waals surface area contributed by atoms with E-state index < -0.39 is 0 Å². The summed E-state index contributed by atoms with van der Waals surface area (Å²) in [6.07, 6.45) is 0.780. The van der Waals surface area contributed by atoms with Crippen molar-refractivity contribution in [2.75, 3.05) is 26.3 Å². The molecule has 0 spiro atoms. The molecule has 2 aromatic rings. The largest absolute Gasteiger partial charge is 0.378 e. The zero-order valence-corrected chi connectivity index (χ0v) is 12.9. The van der Waals surface area contributed by atoms with Crippen molar-refractivity contribution >= 4 is 17.2 Å². The molecule has 0 radical (unpaired) electrons. The van der Waals surface area contributed by atoms with Crippen LogP contribution in [0.25, 0.3) is 0 Å². The number of nitrogens with zero attached hydrogens (tertiary/aromatic N) is 2. The van der Waals surface area contributed by atoms with Crippen molar-refractivity contribution in [1.82, 2.24) is 9.88 Å². The third kappa shape index (κ3) is 3.31. The lowest BCUT2D eigenvalue weighted by molar-refractivity contribution is 0.0305. The molecule has 110 valence electrons. The molecule has 1 aliphatic rings. The fourth-order valence-electron chi connectivity index (χ4n) is 2.41. The second-order valence-corrected chi connectivity index (χ2v) is 6.17. The van der Waals surface area contributed by atoms with Gasteiger partial charge in [0.15, 0.2) is 0 Å². The SMILES string of the molecule is Cc1nc(Cc2ccccc2)sc1C(=O)N1CCOCC1. The number of benzene rings is 1. The van der Waals surface area contributed by atoms with Crippen LogP contribution < -0.4 is 0 Å². The van der Waals surface area contributed by atoms with Gasteiger partial charge >= 0.3 is 0 Å². The average molecular weight is 302 g/mol. The number of carbonyl (C=O) groups is 1. The first-order valence-electron chi connectivity index (χ1n) is 7.11. The lowest BCUT2D eigenvalue weighted by Crippen LogP contribution is -2.40. The Morgan fingerprint density at radius 1 is 1.29 bits per heavy atom. The fraction of sp³-hybridized carbons (Fsp3) is 0.375. The first-order chi connectivity index (χ1) is 10.2. The summed E-state index contributed by atoms with van der Waals surface area (Å²) in [5.41, 5.74) is 2.05. The van der Waals surface area contributed by atoms with E-state index in [-0.39, 0.29) is 5.91 Å². The van der Waals surface area contributed by atoms with Crippen LogP contribution in [0.3, 0.4) is 0 Å². The molecule has 0 bridgehead atoms. The summed E-state index contributed by atoms with van der Waals surface area (Å²) in [5.74, 6) is 0.0904. The van der Waals surface area contributed by atoms with Gasteiger partial charge in [0.25, 0.3) is 5.91 Å². The van der Waals surface area contributed by atoms with Crippen molar-refractivity contribution in [3.8, 4) is 0 Å². The van der Waals surface area contributed by atoms with E-state index in [0.29, 0.717) is 26.3 Å². The normalized spacial score (nSPS) is 15.2. The summed E-state index contributed by atoms with van der Waals surface area (Å²) in [4.78, 5) is 19.7. The van der Waals surface area contributed by atoms with E-state index in [1.165, 1.54) is 16.9 Å². The molecule has 1 fully saturated rings. The molecule has 1 aromatic carbocycles. The quantitative estimate of drug-likeness (QED) is 0.875. The molecule has 1 amide bonds. The highest BCUT2D eigenvalue weighted by Crippen LogP contribution is 2.22. The van der Waals surface area contributed by atoms with Crippen LogP contribution in [-0.2, 0) is 11.2 Å². The number of hydrogen-bond donors (Lipinski definition) is 0. The van der Waals surface area contributed by atoms with Crippen molar-refractivity contribution < 1.29 is 9.53 Å². The molecule has 5 heteroatoms. The Morgan fingerprint density at radius 2 is 2.00 bits per heavy atom. The Morgan fingerprint density at radius 3 is 2.71 bits per heavy atom. The zero-order chi connectivity index (χ0) is 14.7. The average Bonchev–Trinajstić information content (AvgIpc) is 2.89. The molecule has 1 saturated heterocycles. The van der Waals surface area contributed by atoms with E-state index in [2.05, 4.69) is 17.1 Å². The number of hydrogen-bond acceptors (Lipinski definition) is 4. The third-order valence-electron chi connectivity index (χ3n) is 3.53. The number of rotatable bonds is 3. The van der Waals surface area contributed by atoms with E-state index in [4.69, 9.17) is 4.74 Å². The van der Waals surface area contributed by atoms with E-state index in [9.17, 15) is 4.79 Å². The Balaban J connectivity index is 1.76. The van der Waals surface area contributed by atoms with Crippen molar-refractivity contribution in [2.24, 2.45) is 0 Å². The van der Waals surface area contributed by atoms with Gasteiger partial charge in [-0.25, -0.2) is 4.98 Å². The molecule has 3 rings (SSSR count). The van der Waals surface area contributed by atoms with Gasteiger partial charge < -0.3 is 9.64 Å². The molecule has 21 heavy (non-hydrogen) atoms. The van der Waals surface area contributed by atoms with Crippen LogP contribution in [0.1, 0.15) is 25.9 Å². The second-order valence-electron chi connectivity index (χ2n) is 5.09. The van der Waals surface area contributed by atoms with Gasteiger partial charge in [-0.2, -0.15) is 0 Å². The Bertz CT molecular complexity index is 618. The Hall–Kier alpha value is -1.72. The monoisotopic (exact) mass is 302 g/mol. The molecular weight excluding hydrogens is 284 g/mol. The maximum Gasteiger partial charge on any atom is 0.266 e. The van der Waals surface area contributed by atoms with E-state index in [1.807, 2.05) is 30.0 Å². The molecule has 1 aromatic heterocycles. The summed E-state index contributed by atoms with van der Waals surface area (Å²) in [7, 11) is 0. The van der Waals surface area contributed by atoms with Gasteiger partial charge in [-0.15, -0.1) is 11.3 Å². The minimum absolute atomic E-state index is 0.0904. The predicted octanol–water partition coefficient (Wildman–Crippen LogP) is 2.51. The smallest absolute Gasteiger partial charge is 0.266 e. The van der Waals surface area contributed by atoms with Crippen LogP contribution in [0.15, 0.2) is 30.3 Å². The maximum absolute atomic E-state index is 12.5. The second kappa shape index (κ2) is 6.37. The molecule has 0 saturated carbocycles. The number of morpholine rings is 1. The highest BCUT2D eigenvalue weighted by Gasteiger charge is 2.23. The molecule has 1 aliphatic heterocycles. The summed E-state index contributed by atoms with van der Waals surface area (Å²) in [6.45, 7) is 4.51. The van der Waals surface area contributed by atoms with Crippen LogP contribution >= 0.6 is 11.3 Å². The first kappa shape index (κ1) is 14.2. The van der Waals surface area contributed by atoms with Gasteiger partial charge in [-0.1, -0.05) is 30.3 Å². The molecule has 0 N–H and O–H groups in total. The van der Waals surface area contributed by atoms with Gasteiger partial charge in [0, 0.05) is 19.5 Å². The van der Waals surface area contributed by atoms with Crippen LogP contribution in [0.2, 0.25) is 0 Å². The highest BCUT2D eigenvalue weighted by atomic mass is 32.1. The number of ether oxygens (including phenoxy) is 1. The van der Waals surface area contributed by atoms with E-state index >= 15 is 0 Å². The zero-order valence-electron chi connectivity index (χ0n) is 12.0. The number of carbonyl (C=O) groups excluding carboxylic acids is 1. The van der Waals surface area contributed by atoms with Gasteiger partial charge in [0.05, 0.1) is 23.9 Å². The standard InChI is InChI=1S/C16H18N2O2S/c1-12-15(16(19)18-7-9-20-10-8-18)21-14(17-12)11-13-5-3-2-4-6-13/h2-6H,7-11H2,1H3. The van der Waals surface area contributed by atoms with E-state index in [1.54, 1.807) is 0 Å². The molecule has 0 unspecified atom stereocenters. The summed E-state index contributed by atoms with van der Waals surface area (Å²) in [6, 6.07) is 10.2. The van der Waals surface area contributed by atoms with Crippen LogP contribution in [-0.4, -0.2) is 42.1 Å². The number of thiazole rings is 1. The van der Waals surface area contributed by atoms with E-state index in [0.717, 1.165) is 22.0 Å². The molecule has 0 aliphatic carbocycles. The van der Waals surface area contributed by atoms with Gasteiger partial charge in [0.1, 0.15) is 4.88 Å². The first-order valence-corrected chi connectivity index (χ1v) is 7.93. The summed E-state index contributed by atoms with van der Waals surface area (Å²) in [5, 5.41) is 0.996.